The van der Waals surface area contributed by atoms with Crippen molar-refractivity contribution in [1.29, 1.82) is 0 Å². The summed E-state index contributed by atoms with van der Waals surface area (Å²) in [6.07, 6.45) is 2.11. The van der Waals surface area contributed by atoms with Crippen LogP contribution in [-0.2, 0) is 4.79 Å². The highest BCUT2D eigenvalue weighted by molar-refractivity contribution is 6.34. The van der Waals surface area contributed by atoms with Crippen molar-refractivity contribution in [2.75, 3.05) is 24.5 Å². The quantitative estimate of drug-likeness (QED) is 0.585. The molecule has 1 aromatic heterocycles. The predicted octanol–water partition coefficient (Wildman–Crippen LogP) is 5.05. The minimum Gasteiger partial charge on any atom is -0.352 e. The van der Waals surface area contributed by atoms with Gasteiger partial charge in [-0.1, -0.05) is 42.3 Å². The first-order chi connectivity index (χ1) is 14.0. The van der Waals surface area contributed by atoms with Crippen LogP contribution >= 0.6 is 23.2 Å². The Balaban J connectivity index is 1.73. The SMILES string of the molecule is CCC(=O)N1CCN(c2ncnc3cc(Cl)c(-c4ccc(Cl)cc4)cc23)CC1C. The lowest BCUT2D eigenvalue weighted by molar-refractivity contribution is -0.133. The third-order valence-corrected chi connectivity index (χ3v) is 5.97. The lowest BCUT2D eigenvalue weighted by Crippen LogP contribution is -2.54. The Morgan fingerprint density at radius 2 is 1.90 bits per heavy atom. The number of carbonyl (C=O) groups is 1. The van der Waals surface area contributed by atoms with Crippen molar-refractivity contribution in [3.8, 4) is 11.1 Å². The number of hydrogen-bond acceptors (Lipinski definition) is 4. The molecule has 0 bridgehead atoms. The number of piperazine rings is 1. The Kier molecular flexibility index (Phi) is 5.61. The number of anilines is 1. The maximum atomic E-state index is 12.2. The number of benzene rings is 2. The molecular weight excluding hydrogens is 407 g/mol. The molecule has 1 atom stereocenters. The summed E-state index contributed by atoms with van der Waals surface area (Å²) in [7, 11) is 0. The average molecular weight is 429 g/mol. The number of amides is 1. The highest BCUT2D eigenvalue weighted by Gasteiger charge is 2.28. The number of carbonyl (C=O) groups excluding carboxylic acids is 1. The van der Waals surface area contributed by atoms with Crippen molar-refractivity contribution >= 4 is 45.8 Å². The number of halogens is 2. The fraction of sp³-hybridized carbons (Fsp3) is 0.318. The van der Waals surface area contributed by atoms with E-state index in [1.807, 2.05) is 48.2 Å². The third kappa shape index (κ3) is 3.89. The van der Waals surface area contributed by atoms with Crippen LogP contribution in [0.1, 0.15) is 20.3 Å². The van der Waals surface area contributed by atoms with Gasteiger partial charge in [-0.3, -0.25) is 4.79 Å². The van der Waals surface area contributed by atoms with E-state index in [1.54, 1.807) is 6.33 Å². The van der Waals surface area contributed by atoms with Gasteiger partial charge in [-0.15, -0.1) is 0 Å². The van der Waals surface area contributed by atoms with E-state index in [2.05, 4.69) is 21.8 Å². The molecule has 4 rings (SSSR count). The molecule has 29 heavy (non-hydrogen) atoms. The molecule has 1 saturated heterocycles. The van der Waals surface area contributed by atoms with E-state index >= 15 is 0 Å². The first kappa shape index (κ1) is 19.9. The smallest absolute Gasteiger partial charge is 0.222 e. The molecule has 0 radical (unpaired) electrons. The number of rotatable bonds is 3. The van der Waals surface area contributed by atoms with Crippen LogP contribution in [0.15, 0.2) is 42.7 Å². The second-order valence-corrected chi connectivity index (χ2v) is 8.13. The van der Waals surface area contributed by atoms with Crippen LogP contribution < -0.4 is 4.90 Å². The molecular formula is C22H22Cl2N4O. The Hall–Kier alpha value is -2.37. The Labute approximate surface area is 180 Å². The number of hydrogen-bond donors (Lipinski definition) is 0. The Morgan fingerprint density at radius 1 is 1.14 bits per heavy atom. The van der Waals surface area contributed by atoms with Crippen molar-refractivity contribution in [1.82, 2.24) is 14.9 Å². The molecule has 5 nitrogen and oxygen atoms in total. The maximum Gasteiger partial charge on any atom is 0.222 e. The number of fused-ring (bicyclic) bond motifs is 1. The van der Waals surface area contributed by atoms with E-state index in [1.165, 1.54) is 0 Å². The van der Waals surface area contributed by atoms with Crippen LogP contribution in [0.3, 0.4) is 0 Å². The van der Waals surface area contributed by atoms with Gasteiger partial charge in [0.25, 0.3) is 0 Å². The van der Waals surface area contributed by atoms with Gasteiger partial charge in [-0.2, -0.15) is 0 Å². The monoisotopic (exact) mass is 428 g/mol. The van der Waals surface area contributed by atoms with Gasteiger partial charge in [0.15, 0.2) is 0 Å². The van der Waals surface area contributed by atoms with E-state index in [0.29, 0.717) is 23.0 Å². The summed E-state index contributed by atoms with van der Waals surface area (Å²) < 4.78 is 0. The normalized spacial score (nSPS) is 17.0. The van der Waals surface area contributed by atoms with Crippen LogP contribution in [0.2, 0.25) is 10.0 Å². The summed E-state index contributed by atoms with van der Waals surface area (Å²) in [5.41, 5.74) is 2.71. The Bertz CT molecular complexity index is 1050. The van der Waals surface area contributed by atoms with Crippen LogP contribution in [-0.4, -0.2) is 46.5 Å². The molecule has 1 unspecified atom stereocenters. The van der Waals surface area contributed by atoms with Crippen LogP contribution in [0, 0.1) is 0 Å². The maximum absolute atomic E-state index is 12.2. The second-order valence-electron chi connectivity index (χ2n) is 7.29. The summed E-state index contributed by atoms with van der Waals surface area (Å²) in [4.78, 5) is 25.3. The van der Waals surface area contributed by atoms with Gasteiger partial charge in [0.05, 0.1) is 10.5 Å². The van der Waals surface area contributed by atoms with E-state index in [-0.39, 0.29) is 11.9 Å². The highest BCUT2D eigenvalue weighted by atomic mass is 35.5. The minimum absolute atomic E-state index is 0.129. The van der Waals surface area contributed by atoms with Gasteiger partial charge >= 0.3 is 0 Å². The summed E-state index contributed by atoms with van der Waals surface area (Å²) in [5.74, 6) is 1.07. The second kappa shape index (κ2) is 8.17. The molecule has 0 saturated carbocycles. The number of nitrogens with zero attached hydrogens (tertiary/aromatic N) is 4. The van der Waals surface area contributed by atoms with Crippen molar-refractivity contribution in [2.45, 2.75) is 26.3 Å². The van der Waals surface area contributed by atoms with Gasteiger partial charge < -0.3 is 9.80 Å². The topological polar surface area (TPSA) is 49.3 Å². The van der Waals surface area contributed by atoms with Crippen molar-refractivity contribution in [3.05, 3.63) is 52.8 Å². The molecule has 7 heteroatoms. The van der Waals surface area contributed by atoms with Gasteiger partial charge in [0.2, 0.25) is 5.91 Å². The average Bonchev–Trinajstić information content (AvgIpc) is 2.73. The molecule has 150 valence electrons. The van der Waals surface area contributed by atoms with E-state index in [9.17, 15) is 4.79 Å². The molecule has 2 heterocycles. The minimum atomic E-state index is 0.129. The van der Waals surface area contributed by atoms with Gasteiger partial charge in [-0.25, -0.2) is 9.97 Å². The summed E-state index contributed by atoms with van der Waals surface area (Å²) >= 11 is 12.6. The van der Waals surface area contributed by atoms with Crippen LogP contribution in [0.5, 0.6) is 0 Å². The zero-order valence-electron chi connectivity index (χ0n) is 16.4. The molecule has 1 aliphatic heterocycles. The molecule has 1 fully saturated rings. The number of aromatic nitrogens is 2. The largest absolute Gasteiger partial charge is 0.352 e. The molecule has 1 aliphatic rings. The lowest BCUT2D eigenvalue weighted by atomic mass is 10.0. The standard InChI is InChI=1S/C22H22Cl2N4O/c1-3-21(29)28-9-8-27(12-14(28)2)22-18-10-17(15-4-6-16(23)7-5-15)19(24)11-20(18)25-13-26-22/h4-7,10-11,13-14H,3,8-9,12H2,1-2H3. The van der Waals surface area contributed by atoms with E-state index in [0.717, 1.165) is 40.9 Å². The Morgan fingerprint density at radius 3 is 2.59 bits per heavy atom. The first-order valence-electron chi connectivity index (χ1n) is 9.72. The van der Waals surface area contributed by atoms with Crippen LogP contribution in [0.25, 0.3) is 22.0 Å². The summed E-state index contributed by atoms with van der Waals surface area (Å²) in [5, 5.41) is 2.27. The molecule has 3 aromatic rings. The molecule has 1 amide bonds. The molecule has 0 spiro atoms. The van der Waals surface area contributed by atoms with Crippen molar-refractivity contribution in [2.24, 2.45) is 0 Å². The van der Waals surface area contributed by atoms with Gasteiger partial charge in [0, 0.05) is 48.1 Å². The fourth-order valence-corrected chi connectivity index (χ4v) is 4.28. The zero-order chi connectivity index (χ0) is 20.5. The van der Waals surface area contributed by atoms with Crippen molar-refractivity contribution < 1.29 is 4.79 Å². The highest BCUT2D eigenvalue weighted by Crippen LogP contribution is 2.35. The third-order valence-electron chi connectivity index (χ3n) is 5.41. The first-order valence-corrected chi connectivity index (χ1v) is 10.5. The predicted molar refractivity (Wildman–Crippen MR) is 119 cm³/mol. The fourth-order valence-electron chi connectivity index (χ4n) is 3.89. The van der Waals surface area contributed by atoms with Crippen LogP contribution in [0.4, 0.5) is 5.82 Å². The molecule has 2 aromatic carbocycles. The summed E-state index contributed by atoms with van der Waals surface area (Å²) in [6.45, 7) is 6.15. The molecule has 0 N–H and O–H groups in total. The zero-order valence-corrected chi connectivity index (χ0v) is 17.9. The van der Waals surface area contributed by atoms with Gasteiger partial charge in [-0.05, 0) is 36.8 Å². The summed E-state index contributed by atoms with van der Waals surface area (Å²) in [6, 6.07) is 11.7. The van der Waals surface area contributed by atoms with E-state index < -0.39 is 0 Å². The lowest BCUT2D eigenvalue weighted by Gasteiger charge is -2.40. The van der Waals surface area contributed by atoms with Gasteiger partial charge in [0.1, 0.15) is 12.1 Å². The van der Waals surface area contributed by atoms with E-state index in [4.69, 9.17) is 23.2 Å². The van der Waals surface area contributed by atoms with Crippen molar-refractivity contribution in [3.63, 3.8) is 0 Å². The molecule has 0 aliphatic carbocycles.